The van der Waals surface area contributed by atoms with Crippen molar-refractivity contribution in [1.29, 1.82) is 0 Å². The molecule has 0 amide bonds. The minimum absolute atomic E-state index is 0.0352. The van der Waals surface area contributed by atoms with Crippen molar-refractivity contribution < 1.29 is 57.2 Å². The van der Waals surface area contributed by atoms with Gasteiger partial charge in [-0.25, -0.2) is 0 Å². The summed E-state index contributed by atoms with van der Waals surface area (Å²) in [5.41, 5.74) is 0. The van der Waals surface area contributed by atoms with Crippen molar-refractivity contribution in [1.82, 2.24) is 0 Å². The topological polar surface area (TPSA) is 158 Å². The second kappa shape index (κ2) is 38.5. The first kappa shape index (κ1) is 58.6. The van der Waals surface area contributed by atoms with Crippen LogP contribution < -0.4 is 0 Å². The molecule has 0 radical (unpaired) electrons. The summed E-state index contributed by atoms with van der Waals surface area (Å²) in [7, 11) is 9.53. The van der Waals surface area contributed by atoms with E-state index in [-0.39, 0.29) is 98.0 Å². The Balaban J connectivity index is 1.90. The molecule has 0 aliphatic carbocycles. The average molecular weight is 1200 g/mol. The van der Waals surface area contributed by atoms with E-state index in [1.54, 1.807) is 53.7 Å². The van der Waals surface area contributed by atoms with E-state index in [0.717, 1.165) is 47.4 Å². The second-order valence-electron chi connectivity index (χ2n) is 15.3. The normalized spacial score (nSPS) is 17.6. The summed E-state index contributed by atoms with van der Waals surface area (Å²) in [4.78, 5) is 76.2. The number of esters is 6. The van der Waals surface area contributed by atoms with Gasteiger partial charge in [0.25, 0.3) is 0 Å². The van der Waals surface area contributed by atoms with Gasteiger partial charge in [-0.2, -0.15) is 0 Å². The van der Waals surface area contributed by atoms with E-state index in [1.807, 2.05) is 0 Å². The molecule has 0 unspecified atom stereocenters. The van der Waals surface area contributed by atoms with Gasteiger partial charge in [0.1, 0.15) is 0 Å². The molecule has 20 heteroatoms. The Labute approximate surface area is 396 Å². The van der Waals surface area contributed by atoms with Gasteiger partial charge >= 0.3 is 400 Å². The van der Waals surface area contributed by atoms with E-state index in [0.29, 0.717) is 0 Å². The molecule has 2 heterocycles. The van der Waals surface area contributed by atoms with Crippen molar-refractivity contribution in [3.8, 4) is 0 Å². The van der Waals surface area contributed by atoms with Crippen LogP contribution >= 0.6 is 53.7 Å². The van der Waals surface area contributed by atoms with Crippen LogP contribution in [-0.2, 0) is 57.2 Å². The zero-order chi connectivity index (χ0) is 45.0. The van der Waals surface area contributed by atoms with Crippen molar-refractivity contribution in [2.24, 2.45) is 0 Å². The van der Waals surface area contributed by atoms with Gasteiger partial charge in [-0.3, -0.25) is 0 Å². The van der Waals surface area contributed by atoms with E-state index >= 15 is 0 Å². The van der Waals surface area contributed by atoms with Crippen molar-refractivity contribution >= 4 is 118 Å². The van der Waals surface area contributed by atoms with Crippen LogP contribution in [0.4, 0.5) is 0 Å². The van der Waals surface area contributed by atoms with Gasteiger partial charge in [0.05, 0.1) is 0 Å². The average Bonchev–Trinajstić information content (AvgIpc) is 3.32. The molecule has 0 spiro atoms. The predicted octanol–water partition coefficient (Wildman–Crippen LogP) is 10.4. The van der Waals surface area contributed by atoms with E-state index in [4.69, 9.17) is 28.4 Å². The zero-order valence-corrected chi connectivity index (χ0v) is 48.0. The summed E-state index contributed by atoms with van der Waals surface area (Å²) in [5.74, 6) is -1.34. The number of hydrogen-bond acceptors (Lipinski definition) is 18. The van der Waals surface area contributed by atoms with Gasteiger partial charge in [-0.15, -0.1) is 0 Å². The number of rotatable bonds is 31. The Hall–Kier alpha value is 0.517. The molecule has 62 heavy (non-hydrogen) atoms. The molecule has 2 rings (SSSR count). The summed E-state index contributed by atoms with van der Waals surface area (Å²) in [5, 5.41) is 0. The molecule has 0 atom stereocenters. The van der Waals surface area contributed by atoms with Gasteiger partial charge in [0, 0.05) is 0 Å². The Kier molecular flexibility index (Phi) is 36.4. The quantitative estimate of drug-likeness (QED) is 0.0279. The molecule has 0 aromatic rings. The third-order valence-corrected chi connectivity index (χ3v) is 87.1. The Morgan fingerprint density at radius 1 is 0.452 bits per heavy atom. The van der Waals surface area contributed by atoms with Crippen LogP contribution in [0.15, 0.2) is 0 Å². The Morgan fingerprint density at radius 3 is 0.984 bits per heavy atom. The van der Waals surface area contributed by atoms with Gasteiger partial charge < -0.3 is 0 Å². The standard InChI is InChI=1S/2C12H25.3C6H10O4S2.2Sn/c2*1-3-5-7-9-11-12-10-8-6-4-2;3*7-5(3-11)9-1-2-10-6(8)4-12;;/h2*1,3-12H2,2H3;3*11-12H,1-4H2;;/q;;;;;2*+3/p-6. The van der Waals surface area contributed by atoms with E-state index in [1.165, 1.54) is 89.9 Å². The number of ether oxygens (including phenoxy) is 6. The number of unbranched alkanes of at least 4 members (excludes halogenated alkanes) is 18. The molecule has 0 aromatic heterocycles. The third-order valence-electron chi connectivity index (χ3n) is 9.96. The van der Waals surface area contributed by atoms with Crippen LogP contribution in [0.25, 0.3) is 0 Å². The van der Waals surface area contributed by atoms with Crippen molar-refractivity contribution in [2.45, 2.75) is 151 Å². The van der Waals surface area contributed by atoms with Crippen molar-refractivity contribution in [3.63, 3.8) is 0 Å². The molecule has 0 saturated carbocycles. The first-order valence-corrected chi connectivity index (χ1v) is 53.8. The number of cyclic esters (lactones) is 4. The Morgan fingerprint density at radius 2 is 0.710 bits per heavy atom. The monoisotopic (exact) mass is 1200 g/mol. The van der Waals surface area contributed by atoms with Crippen LogP contribution in [0, 0.1) is 0 Å². The molecule has 2 saturated heterocycles. The molecule has 12 nitrogen and oxygen atoms in total. The summed E-state index contributed by atoms with van der Waals surface area (Å²) in [6.45, 7) is 4.41. The molecule has 0 aromatic carbocycles. The van der Waals surface area contributed by atoms with Crippen LogP contribution in [-0.4, -0.2) is 138 Å². The summed E-state index contributed by atoms with van der Waals surface area (Å²) < 4.78 is 33.9. The molecular weight excluding hydrogens is 1130 g/mol. The summed E-state index contributed by atoms with van der Waals surface area (Å²) in [6.07, 6.45) is 24.1. The summed E-state index contributed by atoms with van der Waals surface area (Å²) in [6, 6.07) is 0. The fourth-order valence-corrected chi connectivity index (χ4v) is 73.5. The third kappa shape index (κ3) is 30.7. The van der Waals surface area contributed by atoms with Gasteiger partial charge in [0.15, 0.2) is 0 Å². The Bertz CT molecular complexity index is 1150. The van der Waals surface area contributed by atoms with E-state index < -0.39 is 40.4 Å². The molecular formula is C42H74O12S6Sn2. The maximum atomic E-state index is 13.0. The van der Waals surface area contributed by atoms with E-state index in [9.17, 15) is 28.8 Å². The van der Waals surface area contributed by atoms with Crippen LogP contribution in [0.5, 0.6) is 0 Å². The first-order valence-electron chi connectivity index (χ1n) is 22.9. The second-order valence-corrected chi connectivity index (χ2v) is 82.7. The fraction of sp³-hybridized carbons (Fsp3) is 0.857. The number of carbonyl (C=O) groups excluding carboxylic acids is 6. The molecule has 2 aliphatic heterocycles. The van der Waals surface area contributed by atoms with Crippen molar-refractivity contribution in [2.75, 3.05) is 74.2 Å². The predicted molar refractivity (Wildman–Crippen MR) is 265 cm³/mol. The number of hydrogen-bond donors (Lipinski definition) is 0. The molecule has 2 fully saturated rings. The van der Waals surface area contributed by atoms with Crippen LogP contribution in [0.3, 0.4) is 0 Å². The van der Waals surface area contributed by atoms with Crippen LogP contribution in [0.2, 0.25) is 8.87 Å². The molecule has 2 aliphatic rings. The fourth-order valence-electron chi connectivity index (χ4n) is 6.54. The molecule has 358 valence electrons. The van der Waals surface area contributed by atoms with Gasteiger partial charge in [-0.05, 0) is 0 Å². The van der Waals surface area contributed by atoms with E-state index in [2.05, 4.69) is 13.8 Å². The number of carbonyl (C=O) groups is 6. The SMILES string of the molecule is CCCCCCCCCCC[CH2][Sn]1([S]CC(=O)OCCOC(=O)C[S][Sn]2([CH2]CCCCCCCCCCC)[S]CC(=O)OCCOC(=O)C[S]2)[S]CC(=O)OCCOC(=O)C[S]1. The minimum atomic E-state index is -3.47. The van der Waals surface area contributed by atoms with Crippen molar-refractivity contribution in [3.05, 3.63) is 0 Å². The summed E-state index contributed by atoms with van der Waals surface area (Å²) >= 11 is -6.95. The maximum absolute atomic E-state index is 13.0. The zero-order valence-electron chi connectivity index (χ0n) is 37.4. The molecule has 0 bridgehead atoms. The molecule has 0 N–H and O–H groups in total. The van der Waals surface area contributed by atoms with Gasteiger partial charge in [0.2, 0.25) is 0 Å². The van der Waals surface area contributed by atoms with Crippen LogP contribution in [0.1, 0.15) is 142 Å². The van der Waals surface area contributed by atoms with Gasteiger partial charge in [-0.1, -0.05) is 0 Å². The first-order chi connectivity index (χ1) is 30.1.